The molecule has 1 atom stereocenters. The maximum atomic E-state index is 5.79. The molecule has 0 aliphatic carbocycles. The number of aryl methyl sites for hydroxylation is 1. The Labute approximate surface area is 90.1 Å². The van der Waals surface area contributed by atoms with Gasteiger partial charge in [0.2, 0.25) is 5.88 Å². The van der Waals surface area contributed by atoms with Crippen LogP contribution in [0.25, 0.3) is 0 Å². The third-order valence-electron chi connectivity index (χ3n) is 2.09. The molecule has 0 saturated carbocycles. The summed E-state index contributed by atoms with van der Waals surface area (Å²) in [6.07, 6.45) is 0.939. The Morgan fingerprint density at radius 3 is 2.87 bits per heavy atom. The number of rotatable bonds is 5. The molecule has 5 heteroatoms. The number of hydrogen-bond donors (Lipinski definition) is 2. The van der Waals surface area contributed by atoms with Crippen molar-refractivity contribution in [1.82, 2.24) is 9.97 Å². The summed E-state index contributed by atoms with van der Waals surface area (Å²) >= 11 is 0. The quantitative estimate of drug-likeness (QED) is 0.756. The van der Waals surface area contributed by atoms with Gasteiger partial charge in [0.25, 0.3) is 0 Å². The van der Waals surface area contributed by atoms with Crippen molar-refractivity contribution in [3.8, 4) is 5.88 Å². The molecule has 0 radical (unpaired) electrons. The number of nitrogens with one attached hydrogen (secondary N) is 1. The van der Waals surface area contributed by atoms with Gasteiger partial charge in [-0.3, -0.25) is 0 Å². The van der Waals surface area contributed by atoms with Gasteiger partial charge in [0, 0.05) is 18.7 Å². The Hall–Kier alpha value is -1.36. The van der Waals surface area contributed by atoms with E-state index >= 15 is 0 Å². The second-order valence-electron chi connectivity index (χ2n) is 3.39. The van der Waals surface area contributed by atoms with E-state index in [1.165, 1.54) is 0 Å². The Morgan fingerprint density at radius 2 is 2.27 bits per heavy atom. The molecule has 1 rings (SSSR count). The maximum Gasteiger partial charge on any atom is 0.218 e. The fourth-order valence-corrected chi connectivity index (χ4v) is 1.12. The average Bonchev–Trinajstić information content (AvgIpc) is 2.25. The van der Waals surface area contributed by atoms with Crippen molar-refractivity contribution in [1.29, 1.82) is 0 Å². The molecule has 3 N–H and O–H groups in total. The molecular formula is C10H18N4O. The Bertz CT molecular complexity index is 316. The van der Waals surface area contributed by atoms with Crippen molar-refractivity contribution >= 4 is 5.82 Å². The molecule has 5 nitrogen and oxygen atoms in total. The minimum atomic E-state index is 0.145. The number of nitrogens with zero attached hydrogens (tertiary/aromatic N) is 2. The molecule has 0 saturated heterocycles. The summed E-state index contributed by atoms with van der Waals surface area (Å²) in [7, 11) is 1.59. The smallest absolute Gasteiger partial charge is 0.218 e. The number of anilines is 1. The summed E-state index contributed by atoms with van der Waals surface area (Å²) in [5, 5.41) is 3.15. The summed E-state index contributed by atoms with van der Waals surface area (Å²) in [6, 6.07) is 1.90. The maximum absolute atomic E-state index is 5.79. The van der Waals surface area contributed by atoms with E-state index in [4.69, 9.17) is 10.5 Å². The van der Waals surface area contributed by atoms with Gasteiger partial charge in [0.05, 0.1) is 7.11 Å². The molecule has 1 aromatic rings. The lowest BCUT2D eigenvalue weighted by Crippen LogP contribution is -2.28. The van der Waals surface area contributed by atoms with E-state index in [0.717, 1.165) is 12.2 Å². The molecule has 0 fully saturated rings. The van der Waals surface area contributed by atoms with E-state index in [-0.39, 0.29) is 6.04 Å². The van der Waals surface area contributed by atoms with Crippen molar-refractivity contribution in [3.63, 3.8) is 0 Å². The van der Waals surface area contributed by atoms with Crippen LogP contribution < -0.4 is 15.8 Å². The van der Waals surface area contributed by atoms with Gasteiger partial charge in [0.1, 0.15) is 11.6 Å². The van der Waals surface area contributed by atoms with Gasteiger partial charge in [-0.2, -0.15) is 4.98 Å². The van der Waals surface area contributed by atoms with Crippen LogP contribution in [0.15, 0.2) is 6.07 Å². The lowest BCUT2D eigenvalue weighted by molar-refractivity contribution is 0.396. The van der Waals surface area contributed by atoms with E-state index in [0.29, 0.717) is 18.2 Å². The van der Waals surface area contributed by atoms with Crippen LogP contribution in [-0.4, -0.2) is 29.7 Å². The van der Waals surface area contributed by atoms with Gasteiger partial charge >= 0.3 is 0 Å². The van der Waals surface area contributed by atoms with Gasteiger partial charge in [-0.1, -0.05) is 6.92 Å². The second kappa shape index (κ2) is 5.50. The molecule has 1 heterocycles. The van der Waals surface area contributed by atoms with Crippen molar-refractivity contribution < 1.29 is 4.74 Å². The summed E-state index contributed by atoms with van der Waals surface area (Å²) in [4.78, 5) is 8.33. The van der Waals surface area contributed by atoms with Crippen molar-refractivity contribution in [3.05, 3.63) is 11.9 Å². The molecular weight excluding hydrogens is 192 g/mol. The van der Waals surface area contributed by atoms with Crippen LogP contribution in [0.3, 0.4) is 0 Å². The predicted octanol–water partition coefficient (Wildman–Crippen LogP) is 0.943. The largest absolute Gasteiger partial charge is 0.481 e. The van der Waals surface area contributed by atoms with Crippen molar-refractivity contribution in [2.24, 2.45) is 5.73 Å². The zero-order valence-electron chi connectivity index (χ0n) is 9.45. The molecule has 0 aliphatic heterocycles. The topological polar surface area (TPSA) is 73.1 Å². The van der Waals surface area contributed by atoms with Crippen LogP contribution in [-0.2, 0) is 0 Å². The van der Waals surface area contributed by atoms with Crippen LogP contribution in [0.5, 0.6) is 5.88 Å². The Balaban J connectivity index is 2.64. The molecule has 0 aliphatic rings. The van der Waals surface area contributed by atoms with Crippen LogP contribution in [0.1, 0.15) is 19.2 Å². The molecule has 0 amide bonds. The lowest BCUT2D eigenvalue weighted by atomic mass is 10.2. The van der Waals surface area contributed by atoms with E-state index in [9.17, 15) is 0 Å². The van der Waals surface area contributed by atoms with Crippen LogP contribution >= 0.6 is 0 Å². The molecule has 1 unspecified atom stereocenters. The number of aromatic nitrogens is 2. The average molecular weight is 210 g/mol. The van der Waals surface area contributed by atoms with Crippen molar-refractivity contribution in [2.75, 3.05) is 19.0 Å². The number of nitrogens with two attached hydrogens (primary N) is 1. The first-order valence-electron chi connectivity index (χ1n) is 5.04. The third kappa shape index (κ3) is 3.71. The van der Waals surface area contributed by atoms with E-state index < -0.39 is 0 Å². The standard InChI is InChI=1S/C10H18N4O/c1-4-8(11)6-12-9-5-10(15-3)14-7(2)13-9/h5,8H,4,6,11H2,1-3H3,(H,12,13,14). The normalized spacial score (nSPS) is 12.3. The number of hydrogen-bond acceptors (Lipinski definition) is 5. The first-order chi connectivity index (χ1) is 7.15. The molecule has 1 aromatic heterocycles. The number of ether oxygens (including phenoxy) is 1. The zero-order valence-corrected chi connectivity index (χ0v) is 9.45. The van der Waals surface area contributed by atoms with Crippen molar-refractivity contribution in [2.45, 2.75) is 26.3 Å². The van der Waals surface area contributed by atoms with Gasteiger partial charge in [-0.05, 0) is 13.3 Å². The molecule has 0 bridgehead atoms. The first-order valence-corrected chi connectivity index (χ1v) is 5.04. The Kier molecular flexibility index (Phi) is 4.30. The highest BCUT2D eigenvalue weighted by molar-refractivity contribution is 5.38. The summed E-state index contributed by atoms with van der Waals surface area (Å²) in [6.45, 7) is 4.59. The summed E-state index contributed by atoms with van der Waals surface area (Å²) < 4.78 is 5.05. The molecule has 84 valence electrons. The summed E-state index contributed by atoms with van der Waals surface area (Å²) in [5.41, 5.74) is 5.79. The molecule has 15 heavy (non-hydrogen) atoms. The summed E-state index contributed by atoms with van der Waals surface area (Å²) in [5.74, 6) is 2.00. The van der Waals surface area contributed by atoms with Crippen LogP contribution in [0.4, 0.5) is 5.82 Å². The highest BCUT2D eigenvalue weighted by Gasteiger charge is 2.03. The highest BCUT2D eigenvalue weighted by atomic mass is 16.5. The monoisotopic (exact) mass is 210 g/mol. The fourth-order valence-electron chi connectivity index (χ4n) is 1.12. The SMILES string of the molecule is CCC(N)CNc1cc(OC)nc(C)n1. The van der Waals surface area contributed by atoms with Gasteiger partial charge in [-0.25, -0.2) is 4.98 Å². The van der Waals surface area contributed by atoms with Crippen LogP contribution in [0, 0.1) is 6.92 Å². The molecule has 0 aromatic carbocycles. The number of methoxy groups -OCH3 is 1. The van der Waals surface area contributed by atoms with Crippen LogP contribution in [0.2, 0.25) is 0 Å². The van der Waals surface area contributed by atoms with Gasteiger partial charge < -0.3 is 15.8 Å². The van der Waals surface area contributed by atoms with E-state index in [1.807, 2.05) is 6.92 Å². The second-order valence-corrected chi connectivity index (χ2v) is 3.39. The van der Waals surface area contributed by atoms with Gasteiger partial charge in [-0.15, -0.1) is 0 Å². The first kappa shape index (κ1) is 11.7. The minimum absolute atomic E-state index is 0.145. The van der Waals surface area contributed by atoms with E-state index in [1.54, 1.807) is 13.2 Å². The Morgan fingerprint density at radius 1 is 1.53 bits per heavy atom. The minimum Gasteiger partial charge on any atom is -0.481 e. The predicted molar refractivity (Wildman–Crippen MR) is 60.1 cm³/mol. The lowest BCUT2D eigenvalue weighted by Gasteiger charge is -2.11. The highest BCUT2D eigenvalue weighted by Crippen LogP contribution is 2.12. The zero-order chi connectivity index (χ0) is 11.3. The fraction of sp³-hybridized carbons (Fsp3) is 0.600. The van der Waals surface area contributed by atoms with Gasteiger partial charge in [0.15, 0.2) is 0 Å². The molecule has 0 spiro atoms. The van der Waals surface area contributed by atoms with E-state index in [2.05, 4.69) is 22.2 Å². The third-order valence-corrected chi connectivity index (χ3v) is 2.09.